The number of nitrogens with one attached hydrogen (secondary N) is 1. The molecule has 0 spiro atoms. The van der Waals surface area contributed by atoms with Gasteiger partial charge in [0.25, 0.3) is 5.91 Å². The fraction of sp³-hybridized carbons (Fsp3) is 0.435. The normalized spacial score (nSPS) is 15.8. The van der Waals surface area contributed by atoms with Crippen LogP contribution in [-0.2, 0) is 16.6 Å². The Labute approximate surface area is 179 Å². The summed E-state index contributed by atoms with van der Waals surface area (Å²) in [6.07, 6.45) is 2.04. The van der Waals surface area contributed by atoms with Crippen molar-refractivity contribution < 1.29 is 13.2 Å². The van der Waals surface area contributed by atoms with Gasteiger partial charge in [0.1, 0.15) is 0 Å². The summed E-state index contributed by atoms with van der Waals surface area (Å²) in [5.41, 5.74) is 2.84. The lowest BCUT2D eigenvalue weighted by atomic mass is 10.1. The molecule has 1 saturated heterocycles. The zero-order chi connectivity index (χ0) is 21.6. The molecule has 162 valence electrons. The fourth-order valence-electron chi connectivity index (χ4n) is 3.49. The van der Waals surface area contributed by atoms with Gasteiger partial charge in [-0.3, -0.25) is 9.69 Å². The quantitative estimate of drug-likeness (QED) is 0.655. The van der Waals surface area contributed by atoms with Crippen molar-refractivity contribution >= 4 is 15.9 Å². The molecule has 0 saturated carbocycles. The first-order valence-corrected chi connectivity index (χ1v) is 12.0. The molecule has 3 rings (SSSR count). The molecule has 0 aliphatic carbocycles. The molecule has 0 radical (unpaired) electrons. The standard InChI is InChI=1S/C23H31N3O3S/c1-3-4-13-24-23(27)21-9-7-20(8-10-21)18-25-14-16-26(17-15-25)30(28,29)22-11-5-19(2)6-12-22/h5-12H,3-4,13-18H2,1-2H3,(H,24,27). The van der Waals surface area contributed by atoms with E-state index < -0.39 is 10.0 Å². The first-order valence-electron chi connectivity index (χ1n) is 10.6. The van der Waals surface area contributed by atoms with Crippen LogP contribution >= 0.6 is 0 Å². The molecule has 1 amide bonds. The predicted octanol–water partition coefficient (Wildman–Crippen LogP) is 3.03. The number of hydrogen-bond donors (Lipinski definition) is 1. The SMILES string of the molecule is CCCCNC(=O)c1ccc(CN2CCN(S(=O)(=O)c3ccc(C)cc3)CC2)cc1. The molecule has 0 atom stereocenters. The Morgan fingerprint density at radius 3 is 2.20 bits per heavy atom. The maximum absolute atomic E-state index is 12.8. The molecule has 2 aromatic carbocycles. The Morgan fingerprint density at radius 1 is 0.967 bits per heavy atom. The Balaban J connectivity index is 1.52. The lowest BCUT2D eigenvalue weighted by Gasteiger charge is -2.34. The molecule has 0 unspecified atom stereocenters. The molecule has 2 aromatic rings. The van der Waals surface area contributed by atoms with Gasteiger partial charge in [0.15, 0.2) is 0 Å². The highest BCUT2D eigenvalue weighted by atomic mass is 32.2. The third kappa shape index (κ3) is 5.68. The molecule has 1 aliphatic rings. The van der Waals surface area contributed by atoms with E-state index >= 15 is 0 Å². The average molecular weight is 430 g/mol. The van der Waals surface area contributed by atoms with E-state index in [4.69, 9.17) is 0 Å². The van der Waals surface area contributed by atoms with Crippen LogP contribution < -0.4 is 5.32 Å². The van der Waals surface area contributed by atoms with Crippen LogP contribution in [0.4, 0.5) is 0 Å². The summed E-state index contributed by atoms with van der Waals surface area (Å²) < 4.78 is 27.2. The summed E-state index contributed by atoms with van der Waals surface area (Å²) in [5, 5.41) is 2.92. The van der Waals surface area contributed by atoms with Crippen molar-refractivity contribution in [3.8, 4) is 0 Å². The second-order valence-electron chi connectivity index (χ2n) is 7.80. The zero-order valence-corrected chi connectivity index (χ0v) is 18.6. The molecule has 1 fully saturated rings. The van der Waals surface area contributed by atoms with E-state index in [-0.39, 0.29) is 5.91 Å². The van der Waals surface area contributed by atoms with Gasteiger partial charge in [0, 0.05) is 44.8 Å². The fourth-order valence-corrected chi connectivity index (χ4v) is 4.91. The summed E-state index contributed by atoms with van der Waals surface area (Å²) in [4.78, 5) is 14.7. The van der Waals surface area contributed by atoms with E-state index in [2.05, 4.69) is 17.1 Å². The van der Waals surface area contributed by atoms with Crippen molar-refractivity contribution in [1.29, 1.82) is 0 Å². The van der Waals surface area contributed by atoms with Crippen molar-refractivity contribution in [1.82, 2.24) is 14.5 Å². The monoisotopic (exact) mass is 429 g/mol. The van der Waals surface area contributed by atoms with Crippen molar-refractivity contribution in [2.45, 2.75) is 38.1 Å². The van der Waals surface area contributed by atoms with Crippen LogP contribution in [0.25, 0.3) is 0 Å². The van der Waals surface area contributed by atoms with Gasteiger partial charge >= 0.3 is 0 Å². The van der Waals surface area contributed by atoms with Crippen LogP contribution in [0.1, 0.15) is 41.3 Å². The van der Waals surface area contributed by atoms with Crippen LogP contribution in [0.2, 0.25) is 0 Å². The number of sulfonamides is 1. The van der Waals surface area contributed by atoms with Gasteiger partial charge < -0.3 is 5.32 Å². The van der Waals surface area contributed by atoms with Crippen molar-refractivity contribution in [2.24, 2.45) is 0 Å². The Kier molecular flexibility index (Phi) is 7.64. The maximum Gasteiger partial charge on any atom is 0.251 e. The molecule has 1 N–H and O–H groups in total. The van der Waals surface area contributed by atoms with E-state index in [1.165, 1.54) is 0 Å². The number of benzene rings is 2. The minimum Gasteiger partial charge on any atom is -0.352 e. The molecular formula is C23H31N3O3S. The highest BCUT2D eigenvalue weighted by Crippen LogP contribution is 2.19. The molecule has 30 heavy (non-hydrogen) atoms. The first kappa shape index (κ1) is 22.5. The number of carbonyl (C=O) groups is 1. The first-order chi connectivity index (χ1) is 14.4. The minimum absolute atomic E-state index is 0.0371. The molecular weight excluding hydrogens is 398 g/mol. The number of nitrogens with zero attached hydrogens (tertiary/aromatic N) is 2. The van der Waals surface area contributed by atoms with Crippen LogP contribution in [0.15, 0.2) is 53.4 Å². The van der Waals surface area contributed by atoms with Gasteiger partial charge in [-0.2, -0.15) is 4.31 Å². The van der Waals surface area contributed by atoms with E-state index in [1.807, 2.05) is 43.3 Å². The molecule has 0 aromatic heterocycles. The van der Waals surface area contributed by atoms with E-state index in [0.29, 0.717) is 43.2 Å². The van der Waals surface area contributed by atoms with Gasteiger partial charge in [-0.15, -0.1) is 0 Å². The number of piperazine rings is 1. The number of aryl methyl sites for hydroxylation is 1. The van der Waals surface area contributed by atoms with Crippen molar-refractivity contribution in [3.05, 3.63) is 65.2 Å². The number of unbranched alkanes of at least 4 members (excludes halogenated alkanes) is 1. The van der Waals surface area contributed by atoms with E-state index in [1.54, 1.807) is 16.4 Å². The Morgan fingerprint density at radius 2 is 1.60 bits per heavy atom. The number of rotatable bonds is 8. The minimum atomic E-state index is -3.44. The van der Waals surface area contributed by atoms with Crippen LogP contribution in [0.3, 0.4) is 0 Å². The highest BCUT2D eigenvalue weighted by molar-refractivity contribution is 7.89. The van der Waals surface area contributed by atoms with Crippen molar-refractivity contribution in [2.75, 3.05) is 32.7 Å². The largest absolute Gasteiger partial charge is 0.352 e. The topological polar surface area (TPSA) is 69.7 Å². The summed E-state index contributed by atoms with van der Waals surface area (Å²) in [6, 6.07) is 14.7. The number of amides is 1. The van der Waals surface area contributed by atoms with Gasteiger partial charge in [-0.1, -0.05) is 43.2 Å². The Bertz CT molecular complexity index is 933. The summed E-state index contributed by atoms with van der Waals surface area (Å²) >= 11 is 0. The number of carbonyl (C=O) groups excluding carboxylic acids is 1. The second-order valence-corrected chi connectivity index (χ2v) is 9.74. The predicted molar refractivity (Wildman–Crippen MR) is 119 cm³/mol. The average Bonchev–Trinajstić information content (AvgIpc) is 2.75. The summed E-state index contributed by atoms with van der Waals surface area (Å²) in [5.74, 6) is -0.0371. The van der Waals surface area contributed by atoms with E-state index in [9.17, 15) is 13.2 Å². The summed E-state index contributed by atoms with van der Waals surface area (Å²) in [6.45, 7) is 7.82. The smallest absolute Gasteiger partial charge is 0.251 e. The Hall–Kier alpha value is -2.22. The van der Waals surface area contributed by atoms with Crippen molar-refractivity contribution in [3.63, 3.8) is 0 Å². The van der Waals surface area contributed by atoms with Gasteiger partial charge in [-0.25, -0.2) is 8.42 Å². The highest BCUT2D eigenvalue weighted by Gasteiger charge is 2.28. The van der Waals surface area contributed by atoms with Gasteiger partial charge in [0.05, 0.1) is 4.90 Å². The molecule has 7 heteroatoms. The summed E-state index contributed by atoms with van der Waals surface area (Å²) in [7, 11) is -3.44. The lowest BCUT2D eigenvalue weighted by Crippen LogP contribution is -2.48. The molecule has 6 nitrogen and oxygen atoms in total. The van der Waals surface area contributed by atoms with Crippen LogP contribution in [0, 0.1) is 6.92 Å². The van der Waals surface area contributed by atoms with E-state index in [0.717, 1.165) is 30.5 Å². The molecule has 1 aliphatic heterocycles. The van der Waals surface area contributed by atoms with Gasteiger partial charge in [-0.05, 0) is 43.2 Å². The van der Waals surface area contributed by atoms with Gasteiger partial charge in [0.2, 0.25) is 10.0 Å². The lowest BCUT2D eigenvalue weighted by molar-refractivity contribution is 0.0953. The molecule has 1 heterocycles. The third-order valence-corrected chi connectivity index (χ3v) is 7.34. The van der Waals surface area contributed by atoms with Crippen LogP contribution in [0.5, 0.6) is 0 Å². The zero-order valence-electron chi connectivity index (χ0n) is 17.8. The number of hydrogen-bond acceptors (Lipinski definition) is 4. The van der Waals surface area contributed by atoms with Crippen LogP contribution in [-0.4, -0.2) is 56.3 Å². The second kappa shape index (κ2) is 10.2. The third-order valence-electron chi connectivity index (χ3n) is 5.43. The molecule has 0 bridgehead atoms. The maximum atomic E-state index is 12.8.